The molecular weight excluding hydrogens is 457 g/mol. The van der Waals surface area contributed by atoms with Gasteiger partial charge in [-0.1, -0.05) is 30.0 Å². The van der Waals surface area contributed by atoms with Gasteiger partial charge in [0.25, 0.3) is 0 Å². The topological polar surface area (TPSA) is 70.6 Å². The molecule has 1 aliphatic heterocycles. The lowest BCUT2D eigenvalue weighted by atomic mass is 10.2. The predicted octanol–water partition coefficient (Wildman–Crippen LogP) is 3.57. The molecule has 1 saturated heterocycles. The van der Waals surface area contributed by atoms with E-state index in [-0.39, 0.29) is 35.5 Å². The van der Waals surface area contributed by atoms with Crippen molar-refractivity contribution in [3.63, 3.8) is 0 Å². The molecule has 3 aromatic rings. The van der Waals surface area contributed by atoms with Crippen molar-refractivity contribution in [2.75, 3.05) is 31.9 Å². The number of carbonyl (C=O) groups excluding carboxylic acids is 1. The number of benzene rings is 2. The SMILES string of the molecule is O=C(CSc1nc(-c2ccc(F)cc2)cs1)N1CCN(S(=O)(=O)c2ccccc2)CC1. The van der Waals surface area contributed by atoms with E-state index in [4.69, 9.17) is 0 Å². The second-order valence-corrected chi connectivity index (χ2v) is 10.9. The van der Waals surface area contributed by atoms with Gasteiger partial charge < -0.3 is 4.90 Å². The summed E-state index contributed by atoms with van der Waals surface area (Å²) in [4.78, 5) is 19.1. The van der Waals surface area contributed by atoms with Gasteiger partial charge in [0.05, 0.1) is 16.3 Å². The first-order valence-corrected chi connectivity index (χ1v) is 12.9. The van der Waals surface area contributed by atoms with Crippen LogP contribution < -0.4 is 0 Å². The zero-order valence-corrected chi connectivity index (χ0v) is 18.9. The maximum Gasteiger partial charge on any atom is 0.243 e. The second kappa shape index (κ2) is 9.47. The van der Waals surface area contributed by atoms with Gasteiger partial charge in [0, 0.05) is 37.1 Å². The summed E-state index contributed by atoms with van der Waals surface area (Å²) in [5, 5.41) is 1.88. The van der Waals surface area contributed by atoms with Gasteiger partial charge in [-0.05, 0) is 36.4 Å². The molecule has 1 aromatic heterocycles. The van der Waals surface area contributed by atoms with Gasteiger partial charge in [-0.15, -0.1) is 11.3 Å². The van der Waals surface area contributed by atoms with E-state index in [1.165, 1.54) is 39.5 Å². The van der Waals surface area contributed by atoms with E-state index < -0.39 is 10.0 Å². The van der Waals surface area contributed by atoms with Crippen LogP contribution in [0.1, 0.15) is 0 Å². The molecule has 0 bridgehead atoms. The summed E-state index contributed by atoms with van der Waals surface area (Å²) in [6, 6.07) is 14.5. The molecular formula is C21H20FN3O3S3. The minimum atomic E-state index is -3.53. The smallest absolute Gasteiger partial charge is 0.243 e. The minimum absolute atomic E-state index is 0.0414. The number of sulfonamides is 1. The van der Waals surface area contributed by atoms with Crippen molar-refractivity contribution >= 4 is 39.0 Å². The second-order valence-electron chi connectivity index (χ2n) is 6.89. The molecule has 31 heavy (non-hydrogen) atoms. The zero-order valence-electron chi connectivity index (χ0n) is 16.5. The quantitative estimate of drug-likeness (QED) is 0.508. The Hall–Kier alpha value is -2.27. The van der Waals surface area contributed by atoms with Crippen molar-refractivity contribution in [2.45, 2.75) is 9.24 Å². The third-order valence-electron chi connectivity index (χ3n) is 4.91. The van der Waals surface area contributed by atoms with Gasteiger partial charge in [0.1, 0.15) is 5.82 Å². The molecule has 4 rings (SSSR count). The van der Waals surface area contributed by atoms with E-state index in [0.29, 0.717) is 13.1 Å². The van der Waals surface area contributed by atoms with E-state index in [1.54, 1.807) is 47.4 Å². The van der Waals surface area contributed by atoms with Crippen molar-refractivity contribution < 1.29 is 17.6 Å². The molecule has 6 nitrogen and oxygen atoms in total. The standard InChI is InChI=1S/C21H20FN3O3S3/c22-17-8-6-16(7-9-17)19-14-29-21(23-19)30-15-20(26)24-10-12-25(13-11-24)31(27,28)18-4-2-1-3-5-18/h1-9,14H,10-13,15H2. The molecule has 1 amide bonds. The van der Waals surface area contributed by atoms with Gasteiger partial charge in [-0.2, -0.15) is 4.31 Å². The Morgan fingerprint density at radius 3 is 2.39 bits per heavy atom. The van der Waals surface area contributed by atoms with Crippen LogP contribution in [0.15, 0.2) is 69.2 Å². The van der Waals surface area contributed by atoms with Gasteiger partial charge in [0.15, 0.2) is 4.34 Å². The third kappa shape index (κ3) is 5.15. The van der Waals surface area contributed by atoms with Gasteiger partial charge >= 0.3 is 0 Å². The number of thioether (sulfide) groups is 1. The highest BCUT2D eigenvalue weighted by molar-refractivity contribution is 8.01. The van der Waals surface area contributed by atoms with Gasteiger partial charge in [0.2, 0.25) is 15.9 Å². The molecule has 0 radical (unpaired) electrons. The molecule has 2 aromatic carbocycles. The zero-order chi connectivity index (χ0) is 21.8. The molecule has 0 aliphatic carbocycles. The van der Waals surface area contributed by atoms with Crippen LogP contribution in [0.25, 0.3) is 11.3 Å². The summed E-state index contributed by atoms with van der Waals surface area (Å²) in [6.07, 6.45) is 0. The summed E-state index contributed by atoms with van der Waals surface area (Å²) in [6.45, 7) is 1.29. The lowest BCUT2D eigenvalue weighted by Crippen LogP contribution is -2.50. The average molecular weight is 478 g/mol. The minimum Gasteiger partial charge on any atom is -0.339 e. The molecule has 10 heteroatoms. The molecule has 0 N–H and O–H groups in total. The van der Waals surface area contributed by atoms with E-state index >= 15 is 0 Å². The van der Waals surface area contributed by atoms with E-state index in [9.17, 15) is 17.6 Å². The fourth-order valence-corrected chi connectivity index (χ4v) is 6.39. The highest BCUT2D eigenvalue weighted by atomic mass is 32.2. The number of rotatable bonds is 6. The first-order valence-electron chi connectivity index (χ1n) is 9.61. The summed E-state index contributed by atoms with van der Waals surface area (Å²) >= 11 is 2.79. The normalized spacial score (nSPS) is 15.2. The third-order valence-corrected chi connectivity index (χ3v) is 8.83. The van der Waals surface area contributed by atoms with E-state index in [1.807, 2.05) is 5.38 Å². The number of carbonyl (C=O) groups is 1. The Morgan fingerprint density at radius 2 is 1.71 bits per heavy atom. The average Bonchev–Trinajstić information content (AvgIpc) is 3.28. The summed E-state index contributed by atoms with van der Waals surface area (Å²) in [5.41, 5.74) is 1.58. The molecule has 0 unspecified atom stereocenters. The van der Waals surface area contributed by atoms with Gasteiger partial charge in [-0.3, -0.25) is 4.79 Å². The fourth-order valence-electron chi connectivity index (χ4n) is 3.21. The van der Waals surface area contributed by atoms with E-state index in [0.717, 1.165) is 15.6 Å². The van der Waals surface area contributed by atoms with Crippen molar-refractivity contribution in [3.05, 3.63) is 65.8 Å². The molecule has 1 fully saturated rings. The number of thiazole rings is 1. The Morgan fingerprint density at radius 1 is 1.03 bits per heavy atom. The first kappa shape index (κ1) is 21.9. The van der Waals surface area contributed by atoms with Crippen LogP contribution in [0, 0.1) is 5.82 Å². The van der Waals surface area contributed by atoms with E-state index in [2.05, 4.69) is 4.98 Å². The predicted molar refractivity (Wildman–Crippen MR) is 120 cm³/mol. The Kier molecular flexibility index (Phi) is 6.71. The fraction of sp³-hybridized carbons (Fsp3) is 0.238. The number of aromatic nitrogens is 1. The number of hydrogen-bond acceptors (Lipinski definition) is 6. The van der Waals surface area contributed by atoms with Crippen molar-refractivity contribution in [1.29, 1.82) is 0 Å². The van der Waals surface area contributed by atoms with Gasteiger partial charge in [-0.25, -0.2) is 17.8 Å². The highest BCUT2D eigenvalue weighted by Crippen LogP contribution is 2.28. The summed E-state index contributed by atoms with van der Waals surface area (Å²) < 4.78 is 40.7. The number of hydrogen-bond donors (Lipinski definition) is 0. The molecule has 1 aliphatic rings. The molecule has 0 atom stereocenters. The number of halogens is 1. The van der Waals surface area contributed by atoms with Crippen LogP contribution in [0.2, 0.25) is 0 Å². The van der Waals surface area contributed by atoms with Crippen molar-refractivity contribution in [3.8, 4) is 11.3 Å². The van der Waals surface area contributed by atoms with Crippen molar-refractivity contribution in [1.82, 2.24) is 14.2 Å². The maximum atomic E-state index is 13.1. The molecule has 2 heterocycles. The monoisotopic (exact) mass is 477 g/mol. The summed E-state index contributed by atoms with van der Waals surface area (Å²) in [5.74, 6) is -0.0990. The molecule has 162 valence electrons. The van der Waals surface area contributed by atoms with Crippen LogP contribution in [0.3, 0.4) is 0 Å². The van der Waals surface area contributed by atoms with Crippen LogP contribution in [-0.4, -0.2) is 60.4 Å². The molecule has 0 spiro atoms. The summed E-state index contributed by atoms with van der Waals surface area (Å²) in [7, 11) is -3.53. The maximum absolute atomic E-state index is 13.1. The number of nitrogens with zero attached hydrogens (tertiary/aromatic N) is 3. The Balaban J connectivity index is 1.29. The van der Waals surface area contributed by atoms with Crippen LogP contribution in [0.4, 0.5) is 4.39 Å². The lowest BCUT2D eigenvalue weighted by molar-refractivity contribution is -0.129. The highest BCUT2D eigenvalue weighted by Gasteiger charge is 2.30. The largest absolute Gasteiger partial charge is 0.339 e. The van der Waals surface area contributed by atoms with Crippen LogP contribution in [-0.2, 0) is 14.8 Å². The lowest BCUT2D eigenvalue weighted by Gasteiger charge is -2.34. The molecule has 0 saturated carbocycles. The number of piperazine rings is 1. The van der Waals surface area contributed by atoms with Crippen LogP contribution >= 0.6 is 23.1 Å². The Labute approximate surface area is 188 Å². The van der Waals surface area contributed by atoms with Crippen molar-refractivity contribution in [2.24, 2.45) is 0 Å². The number of amides is 1. The first-order chi connectivity index (χ1) is 14.9. The van der Waals surface area contributed by atoms with Crippen LogP contribution in [0.5, 0.6) is 0 Å². The Bertz CT molecular complexity index is 1140.